The summed E-state index contributed by atoms with van der Waals surface area (Å²) in [6, 6.07) is 11.7. The number of benzene rings is 2. The Kier molecular flexibility index (Phi) is 10.2. The summed E-state index contributed by atoms with van der Waals surface area (Å²) in [5, 5.41) is 3.33. The molecule has 2 aromatic carbocycles. The molecule has 2 rings (SSSR count). The van der Waals surface area contributed by atoms with Crippen LogP contribution in [0.3, 0.4) is 0 Å². The quantitative estimate of drug-likeness (QED) is 0.473. The smallest absolute Gasteiger partial charge is 0.244 e. The Hall–Kier alpha value is -2.58. The molecule has 0 spiro atoms. The van der Waals surface area contributed by atoms with Crippen molar-refractivity contribution in [3.8, 4) is 0 Å². The molecular formula is C26H36ClN3O4S. The topological polar surface area (TPSA) is 86.8 Å². The average molecular weight is 522 g/mol. The van der Waals surface area contributed by atoms with Gasteiger partial charge in [-0.15, -0.1) is 0 Å². The predicted molar refractivity (Wildman–Crippen MR) is 142 cm³/mol. The summed E-state index contributed by atoms with van der Waals surface area (Å²) in [6.45, 7) is 9.16. The summed E-state index contributed by atoms with van der Waals surface area (Å²) in [5.41, 5.74) is 2.87. The Balaban J connectivity index is 2.50. The molecule has 2 amide bonds. The van der Waals surface area contributed by atoms with Crippen LogP contribution in [0.1, 0.15) is 50.3 Å². The van der Waals surface area contributed by atoms with E-state index < -0.39 is 28.5 Å². The van der Waals surface area contributed by atoms with E-state index in [2.05, 4.69) is 5.32 Å². The summed E-state index contributed by atoms with van der Waals surface area (Å²) in [5.74, 6) is -0.724. The van der Waals surface area contributed by atoms with Gasteiger partial charge in [-0.05, 0) is 62.4 Å². The Morgan fingerprint density at radius 1 is 1.03 bits per heavy atom. The fourth-order valence-electron chi connectivity index (χ4n) is 3.78. The van der Waals surface area contributed by atoms with E-state index in [4.69, 9.17) is 11.6 Å². The second kappa shape index (κ2) is 12.4. The molecule has 2 aromatic rings. The maximum Gasteiger partial charge on any atom is 0.244 e. The molecule has 0 saturated carbocycles. The van der Waals surface area contributed by atoms with Crippen LogP contribution in [0, 0.1) is 13.8 Å². The second-order valence-electron chi connectivity index (χ2n) is 8.89. The van der Waals surface area contributed by atoms with Crippen LogP contribution < -0.4 is 9.62 Å². The normalized spacial score (nSPS) is 13.1. The van der Waals surface area contributed by atoms with Crippen LogP contribution in [-0.2, 0) is 26.2 Å². The molecule has 0 aliphatic heterocycles. The van der Waals surface area contributed by atoms with Crippen molar-refractivity contribution in [3.63, 3.8) is 0 Å². The molecule has 0 aliphatic carbocycles. The Morgan fingerprint density at radius 2 is 1.69 bits per heavy atom. The minimum Gasteiger partial charge on any atom is -0.352 e. The third-order valence-electron chi connectivity index (χ3n) is 6.11. The predicted octanol–water partition coefficient (Wildman–Crippen LogP) is 4.44. The van der Waals surface area contributed by atoms with Crippen LogP contribution in [0.4, 0.5) is 5.69 Å². The van der Waals surface area contributed by atoms with E-state index in [0.717, 1.165) is 28.1 Å². The highest BCUT2D eigenvalue weighted by molar-refractivity contribution is 7.92. The molecule has 1 N–H and O–H groups in total. The first-order valence-electron chi connectivity index (χ1n) is 11.8. The molecular weight excluding hydrogens is 486 g/mol. The molecule has 0 saturated heterocycles. The number of hydrogen-bond donors (Lipinski definition) is 1. The number of rotatable bonds is 11. The molecule has 9 heteroatoms. The third kappa shape index (κ3) is 7.70. The zero-order valence-corrected chi connectivity index (χ0v) is 22.9. The molecule has 35 heavy (non-hydrogen) atoms. The van der Waals surface area contributed by atoms with E-state index in [1.807, 2.05) is 52.0 Å². The van der Waals surface area contributed by atoms with Crippen LogP contribution in [-0.4, -0.2) is 50.0 Å². The molecule has 192 valence electrons. The van der Waals surface area contributed by atoms with Crippen molar-refractivity contribution in [1.29, 1.82) is 0 Å². The number of aryl methyl sites for hydroxylation is 2. The van der Waals surface area contributed by atoms with Crippen molar-refractivity contribution in [2.24, 2.45) is 0 Å². The number of sulfonamides is 1. The lowest BCUT2D eigenvalue weighted by molar-refractivity contribution is -0.140. The van der Waals surface area contributed by atoms with E-state index in [9.17, 15) is 18.0 Å². The molecule has 0 radical (unpaired) electrons. The maximum atomic E-state index is 13.8. The molecule has 0 aromatic heterocycles. The van der Waals surface area contributed by atoms with Gasteiger partial charge in [0.15, 0.2) is 0 Å². The van der Waals surface area contributed by atoms with Crippen LogP contribution in [0.25, 0.3) is 0 Å². The van der Waals surface area contributed by atoms with Crippen LogP contribution in [0.15, 0.2) is 42.5 Å². The molecule has 7 nitrogen and oxygen atoms in total. The third-order valence-corrected chi connectivity index (χ3v) is 7.47. The summed E-state index contributed by atoms with van der Waals surface area (Å²) < 4.78 is 26.6. The second-order valence-corrected chi connectivity index (χ2v) is 11.2. The van der Waals surface area contributed by atoms with Gasteiger partial charge in [0.1, 0.15) is 12.6 Å². The zero-order valence-electron chi connectivity index (χ0n) is 21.3. The van der Waals surface area contributed by atoms with Crippen LogP contribution in [0.5, 0.6) is 0 Å². The molecule has 0 heterocycles. The number of nitrogens with zero attached hydrogens (tertiary/aromatic N) is 2. The van der Waals surface area contributed by atoms with E-state index in [-0.39, 0.29) is 18.5 Å². The van der Waals surface area contributed by atoms with Crippen molar-refractivity contribution in [1.82, 2.24) is 10.2 Å². The molecule has 2 atom stereocenters. The number of nitrogens with one attached hydrogen (secondary N) is 1. The highest BCUT2D eigenvalue weighted by Gasteiger charge is 2.32. The standard InChI is InChI=1S/C26H36ClN3O4S/c1-7-20(5)28-26(32)23(8-2)29(16-21-12-10-9-11-18(21)3)25(31)17-30(35(6,33)34)24-15-22(27)14-13-19(24)4/h9-15,20,23H,7-8,16-17H2,1-6H3,(H,28,32)/t20-,23-/m0/s1. The highest BCUT2D eigenvalue weighted by atomic mass is 35.5. The fraction of sp³-hybridized carbons (Fsp3) is 0.462. The number of carbonyl (C=O) groups is 2. The molecule has 0 unspecified atom stereocenters. The monoisotopic (exact) mass is 521 g/mol. The van der Waals surface area contributed by atoms with E-state index in [0.29, 0.717) is 22.7 Å². The first-order valence-corrected chi connectivity index (χ1v) is 14.0. The van der Waals surface area contributed by atoms with Gasteiger partial charge in [0, 0.05) is 17.6 Å². The first kappa shape index (κ1) is 28.7. The summed E-state index contributed by atoms with van der Waals surface area (Å²) >= 11 is 6.14. The summed E-state index contributed by atoms with van der Waals surface area (Å²) in [6.07, 6.45) is 2.19. The van der Waals surface area contributed by atoms with Crippen molar-refractivity contribution < 1.29 is 18.0 Å². The van der Waals surface area contributed by atoms with Crippen LogP contribution in [0.2, 0.25) is 5.02 Å². The van der Waals surface area contributed by atoms with E-state index in [1.54, 1.807) is 19.1 Å². The summed E-state index contributed by atoms with van der Waals surface area (Å²) in [4.78, 5) is 28.4. The van der Waals surface area contributed by atoms with Crippen molar-refractivity contribution in [2.75, 3.05) is 17.1 Å². The van der Waals surface area contributed by atoms with Gasteiger partial charge in [-0.25, -0.2) is 8.42 Å². The maximum absolute atomic E-state index is 13.8. The average Bonchev–Trinajstić information content (AvgIpc) is 2.79. The van der Waals surface area contributed by atoms with Gasteiger partial charge in [-0.2, -0.15) is 0 Å². The van der Waals surface area contributed by atoms with Gasteiger partial charge < -0.3 is 10.2 Å². The number of carbonyl (C=O) groups excluding carboxylic acids is 2. The Morgan fingerprint density at radius 3 is 2.26 bits per heavy atom. The van der Waals surface area contributed by atoms with Gasteiger partial charge in [0.05, 0.1) is 11.9 Å². The molecule has 0 fully saturated rings. The first-order chi connectivity index (χ1) is 16.4. The SMILES string of the molecule is CC[C@H](C)NC(=O)[C@H](CC)N(Cc1ccccc1C)C(=O)CN(c1cc(Cl)ccc1C)S(C)(=O)=O. The number of hydrogen-bond acceptors (Lipinski definition) is 4. The highest BCUT2D eigenvalue weighted by Crippen LogP contribution is 2.27. The number of halogens is 1. The Bertz CT molecular complexity index is 1150. The van der Waals surface area contributed by atoms with Crippen molar-refractivity contribution >= 4 is 39.1 Å². The lowest BCUT2D eigenvalue weighted by atomic mass is 10.1. The van der Waals surface area contributed by atoms with E-state index >= 15 is 0 Å². The minimum absolute atomic E-state index is 0.0476. The summed E-state index contributed by atoms with van der Waals surface area (Å²) in [7, 11) is -3.82. The largest absolute Gasteiger partial charge is 0.352 e. The van der Waals surface area contributed by atoms with Gasteiger partial charge in [-0.1, -0.05) is 55.8 Å². The number of anilines is 1. The van der Waals surface area contributed by atoms with Crippen molar-refractivity contribution in [2.45, 2.75) is 66.1 Å². The van der Waals surface area contributed by atoms with Gasteiger partial charge in [-0.3, -0.25) is 13.9 Å². The van der Waals surface area contributed by atoms with Gasteiger partial charge in [0.2, 0.25) is 21.8 Å². The fourth-order valence-corrected chi connectivity index (χ4v) is 4.84. The van der Waals surface area contributed by atoms with E-state index in [1.165, 1.54) is 11.0 Å². The minimum atomic E-state index is -3.82. The van der Waals surface area contributed by atoms with Crippen LogP contribution >= 0.6 is 11.6 Å². The van der Waals surface area contributed by atoms with Gasteiger partial charge >= 0.3 is 0 Å². The zero-order chi connectivity index (χ0) is 26.3. The molecule has 0 bridgehead atoms. The van der Waals surface area contributed by atoms with Crippen molar-refractivity contribution in [3.05, 3.63) is 64.2 Å². The lowest BCUT2D eigenvalue weighted by Crippen LogP contribution is -2.53. The molecule has 0 aliphatic rings. The van der Waals surface area contributed by atoms with Gasteiger partial charge in [0.25, 0.3) is 0 Å². The Labute approximate surface area is 214 Å². The number of amides is 2. The lowest BCUT2D eigenvalue weighted by Gasteiger charge is -2.34.